The van der Waals surface area contributed by atoms with Gasteiger partial charge in [0.2, 0.25) is 11.8 Å². The first kappa shape index (κ1) is 15.6. The van der Waals surface area contributed by atoms with E-state index >= 15 is 0 Å². The van der Waals surface area contributed by atoms with Crippen molar-refractivity contribution in [2.45, 2.75) is 25.7 Å². The van der Waals surface area contributed by atoms with Gasteiger partial charge in [0.25, 0.3) is 0 Å². The highest BCUT2D eigenvalue weighted by Crippen LogP contribution is 2.44. The van der Waals surface area contributed by atoms with Gasteiger partial charge in [0.05, 0.1) is 19.2 Å². The molecule has 114 valence electrons. The molecule has 0 bridgehead atoms. The number of amides is 2. The number of carbonyl (C=O) groups excluding carboxylic acids is 2. The molecule has 5 nitrogen and oxygen atoms in total. The van der Waals surface area contributed by atoms with Gasteiger partial charge in [-0.1, -0.05) is 24.6 Å². The first-order chi connectivity index (χ1) is 10.0. The highest BCUT2D eigenvalue weighted by molar-refractivity contribution is 6.33. The summed E-state index contributed by atoms with van der Waals surface area (Å²) < 4.78 is 10.5. The van der Waals surface area contributed by atoms with E-state index < -0.39 is 0 Å². The molecule has 2 atom stereocenters. The highest BCUT2D eigenvalue weighted by Gasteiger charge is 2.37. The van der Waals surface area contributed by atoms with Crippen molar-refractivity contribution in [2.24, 2.45) is 5.92 Å². The minimum atomic E-state index is -0.279. The van der Waals surface area contributed by atoms with Gasteiger partial charge in [0, 0.05) is 18.3 Å². The van der Waals surface area contributed by atoms with Gasteiger partial charge in [-0.15, -0.1) is 0 Å². The molecule has 2 rings (SSSR count). The van der Waals surface area contributed by atoms with Crippen LogP contribution in [0.1, 0.15) is 31.2 Å². The van der Waals surface area contributed by atoms with E-state index in [2.05, 4.69) is 5.32 Å². The fourth-order valence-corrected chi connectivity index (χ4v) is 3.17. The third kappa shape index (κ3) is 2.83. The molecule has 0 aromatic heterocycles. The Balaban J connectivity index is 2.49. The number of ether oxygens (including phenoxy) is 2. The van der Waals surface area contributed by atoms with Gasteiger partial charge >= 0.3 is 0 Å². The number of hydrogen-bond acceptors (Lipinski definition) is 4. The van der Waals surface area contributed by atoms with Gasteiger partial charge in [-0.25, -0.2) is 0 Å². The molecule has 0 spiro atoms. The molecule has 1 aromatic rings. The molecular formula is C15H18ClNO4. The maximum Gasteiger partial charge on any atom is 0.230 e. The topological polar surface area (TPSA) is 64.6 Å². The van der Waals surface area contributed by atoms with Crippen molar-refractivity contribution in [3.63, 3.8) is 0 Å². The Morgan fingerprint density at radius 3 is 2.57 bits per heavy atom. The van der Waals surface area contributed by atoms with Crippen LogP contribution in [0.25, 0.3) is 0 Å². The predicted molar refractivity (Wildman–Crippen MR) is 78.8 cm³/mol. The number of rotatable bonds is 4. The number of nitrogens with one attached hydrogen (secondary N) is 1. The third-order valence-corrected chi connectivity index (χ3v) is 4.23. The lowest BCUT2D eigenvalue weighted by Gasteiger charge is -2.30. The van der Waals surface area contributed by atoms with Crippen molar-refractivity contribution >= 4 is 23.4 Å². The molecule has 1 aliphatic heterocycles. The molecular weight excluding hydrogens is 294 g/mol. The Kier molecular flexibility index (Phi) is 4.73. The van der Waals surface area contributed by atoms with Gasteiger partial charge in [0.15, 0.2) is 11.5 Å². The van der Waals surface area contributed by atoms with Crippen LogP contribution in [0.4, 0.5) is 0 Å². The van der Waals surface area contributed by atoms with Gasteiger partial charge in [0.1, 0.15) is 0 Å². The van der Waals surface area contributed by atoms with Crippen LogP contribution in [0, 0.1) is 5.92 Å². The lowest BCUT2D eigenvalue weighted by Crippen LogP contribution is -2.44. The molecule has 1 aliphatic rings. The van der Waals surface area contributed by atoms with E-state index in [0.717, 1.165) is 5.56 Å². The number of piperidine rings is 1. The predicted octanol–water partition coefficient (Wildman–Crippen LogP) is 2.51. The van der Waals surface area contributed by atoms with Gasteiger partial charge in [-0.3, -0.25) is 14.9 Å². The fraction of sp³-hybridized carbons (Fsp3) is 0.467. The van der Waals surface area contributed by atoms with E-state index in [1.54, 1.807) is 12.1 Å². The lowest BCUT2D eigenvalue weighted by molar-refractivity contribution is -0.137. The van der Waals surface area contributed by atoms with E-state index in [1.807, 2.05) is 6.92 Å². The summed E-state index contributed by atoms with van der Waals surface area (Å²) in [5.41, 5.74) is 0.740. The molecule has 1 N–H and O–H groups in total. The van der Waals surface area contributed by atoms with Gasteiger partial charge in [-0.05, 0) is 18.1 Å². The minimum Gasteiger partial charge on any atom is -0.493 e. The largest absolute Gasteiger partial charge is 0.493 e. The quantitative estimate of drug-likeness (QED) is 0.868. The summed E-state index contributed by atoms with van der Waals surface area (Å²) in [6, 6.07) is 3.53. The maximum atomic E-state index is 12.0. The van der Waals surface area contributed by atoms with Crippen molar-refractivity contribution in [3.8, 4) is 11.5 Å². The van der Waals surface area contributed by atoms with Crippen LogP contribution < -0.4 is 14.8 Å². The van der Waals surface area contributed by atoms with Crippen molar-refractivity contribution < 1.29 is 19.1 Å². The Hall–Kier alpha value is -1.75. The van der Waals surface area contributed by atoms with Crippen LogP contribution in [0.2, 0.25) is 5.02 Å². The summed E-state index contributed by atoms with van der Waals surface area (Å²) in [4.78, 5) is 23.7. The average Bonchev–Trinajstić information content (AvgIpc) is 2.46. The number of carbonyl (C=O) groups is 2. The molecule has 1 fully saturated rings. The summed E-state index contributed by atoms with van der Waals surface area (Å²) in [5, 5.41) is 2.77. The SMILES string of the molecule is CCC1C(=O)NC(=O)CC1c1ccc(OC)c(OC)c1Cl. The van der Waals surface area contributed by atoms with Crippen LogP contribution in [0.15, 0.2) is 12.1 Å². The van der Waals surface area contributed by atoms with Crippen molar-refractivity contribution in [3.05, 3.63) is 22.7 Å². The van der Waals surface area contributed by atoms with E-state index in [4.69, 9.17) is 21.1 Å². The minimum absolute atomic E-state index is 0.236. The number of benzene rings is 1. The molecule has 21 heavy (non-hydrogen) atoms. The fourth-order valence-electron chi connectivity index (χ4n) is 2.79. The molecule has 1 heterocycles. The van der Waals surface area contributed by atoms with Crippen molar-refractivity contribution in [1.82, 2.24) is 5.32 Å². The Labute approximate surface area is 128 Å². The van der Waals surface area contributed by atoms with Gasteiger partial charge < -0.3 is 9.47 Å². The number of hydrogen-bond donors (Lipinski definition) is 1. The molecule has 0 radical (unpaired) electrons. The Bertz CT molecular complexity index is 573. The van der Waals surface area contributed by atoms with E-state index in [1.165, 1.54) is 14.2 Å². The number of imide groups is 1. The summed E-state index contributed by atoms with van der Waals surface area (Å²) in [5.74, 6) is -0.108. The molecule has 1 saturated heterocycles. The standard InChI is InChI=1S/C15H18ClNO4/c1-4-8-10(7-12(18)17-15(8)19)9-5-6-11(20-2)14(21-3)13(9)16/h5-6,8,10H,4,7H2,1-3H3,(H,17,18,19). The van der Waals surface area contributed by atoms with Crippen LogP contribution in [0.5, 0.6) is 11.5 Å². The number of halogens is 1. The second kappa shape index (κ2) is 6.35. The van der Waals surface area contributed by atoms with Gasteiger partial charge in [-0.2, -0.15) is 0 Å². The zero-order valence-corrected chi connectivity index (χ0v) is 13.0. The molecule has 0 aliphatic carbocycles. The zero-order chi connectivity index (χ0) is 15.6. The van der Waals surface area contributed by atoms with Crippen molar-refractivity contribution in [2.75, 3.05) is 14.2 Å². The Morgan fingerprint density at radius 2 is 2.00 bits per heavy atom. The molecule has 2 amide bonds. The first-order valence-electron chi connectivity index (χ1n) is 6.77. The normalized spacial score (nSPS) is 21.9. The highest BCUT2D eigenvalue weighted by atomic mass is 35.5. The molecule has 2 unspecified atom stereocenters. The van der Waals surface area contributed by atoms with E-state index in [0.29, 0.717) is 22.9 Å². The Morgan fingerprint density at radius 1 is 1.29 bits per heavy atom. The molecule has 0 saturated carbocycles. The second-order valence-electron chi connectivity index (χ2n) is 4.94. The molecule has 6 heteroatoms. The monoisotopic (exact) mass is 311 g/mol. The van der Waals surface area contributed by atoms with Crippen LogP contribution in [-0.4, -0.2) is 26.0 Å². The summed E-state index contributed by atoms with van der Waals surface area (Å²) in [7, 11) is 3.03. The van der Waals surface area contributed by atoms with Crippen LogP contribution >= 0.6 is 11.6 Å². The zero-order valence-electron chi connectivity index (χ0n) is 12.2. The van der Waals surface area contributed by atoms with E-state index in [9.17, 15) is 9.59 Å². The third-order valence-electron chi connectivity index (χ3n) is 3.84. The van der Waals surface area contributed by atoms with E-state index in [-0.39, 0.29) is 30.1 Å². The molecule has 1 aromatic carbocycles. The lowest BCUT2D eigenvalue weighted by atomic mass is 9.79. The van der Waals surface area contributed by atoms with Crippen molar-refractivity contribution in [1.29, 1.82) is 0 Å². The maximum absolute atomic E-state index is 12.0. The second-order valence-corrected chi connectivity index (χ2v) is 5.32. The summed E-state index contributed by atoms with van der Waals surface area (Å²) >= 11 is 6.40. The first-order valence-corrected chi connectivity index (χ1v) is 7.15. The van der Waals surface area contributed by atoms with Crippen LogP contribution in [0.3, 0.4) is 0 Å². The summed E-state index contributed by atoms with van der Waals surface area (Å²) in [6.07, 6.45) is 0.869. The number of methoxy groups -OCH3 is 2. The smallest absolute Gasteiger partial charge is 0.230 e. The average molecular weight is 312 g/mol. The summed E-state index contributed by atoms with van der Waals surface area (Å²) in [6.45, 7) is 1.92. The van der Waals surface area contributed by atoms with Crippen LogP contribution in [-0.2, 0) is 9.59 Å².